The Morgan fingerprint density at radius 2 is 2.00 bits per heavy atom. The molecule has 1 saturated carbocycles. The van der Waals surface area contributed by atoms with Gasteiger partial charge in [0.05, 0.1) is 11.7 Å². The molecule has 2 aromatic rings. The van der Waals surface area contributed by atoms with Gasteiger partial charge in [0, 0.05) is 30.6 Å². The van der Waals surface area contributed by atoms with E-state index < -0.39 is 0 Å². The maximum absolute atomic E-state index is 12.9. The highest BCUT2D eigenvalue weighted by atomic mass is 16.2. The highest BCUT2D eigenvalue weighted by Gasteiger charge is 2.30. The van der Waals surface area contributed by atoms with Crippen LogP contribution in [0.15, 0.2) is 24.7 Å². The lowest BCUT2D eigenvalue weighted by atomic mass is 9.89. The molecule has 0 spiro atoms. The number of aromatic nitrogens is 3. The van der Waals surface area contributed by atoms with Gasteiger partial charge in [-0.3, -0.25) is 9.20 Å². The molecule has 0 bridgehead atoms. The Bertz CT molecular complexity index is 726. The number of hydrogen-bond donors (Lipinski definition) is 1. The van der Waals surface area contributed by atoms with Gasteiger partial charge in [-0.05, 0) is 51.3 Å². The SMILES string of the molecule is CC[C@@H](NC(=O)C1CCN(C2CCCCC2)CC1)c1cn2cccnc2n1. The van der Waals surface area contributed by atoms with Crippen LogP contribution in [0, 0.1) is 5.92 Å². The molecule has 0 radical (unpaired) electrons. The molecular weight excluding hydrogens is 338 g/mol. The van der Waals surface area contributed by atoms with Gasteiger partial charge in [-0.2, -0.15) is 0 Å². The number of rotatable bonds is 5. The van der Waals surface area contributed by atoms with Crippen molar-refractivity contribution in [1.82, 2.24) is 24.6 Å². The first-order valence-corrected chi connectivity index (χ1v) is 10.6. The monoisotopic (exact) mass is 369 g/mol. The van der Waals surface area contributed by atoms with Crippen molar-refractivity contribution in [2.24, 2.45) is 5.92 Å². The largest absolute Gasteiger partial charge is 0.347 e. The summed E-state index contributed by atoms with van der Waals surface area (Å²) >= 11 is 0. The summed E-state index contributed by atoms with van der Waals surface area (Å²) in [6, 6.07) is 2.60. The quantitative estimate of drug-likeness (QED) is 0.878. The first-order chi connectivity index (χ1) is 13.2. The second kappa shape index (κ2) is 8.38. The molecule has 6 heteroatoms. The van der Waals surface area contributed by atoms with Crippen molar-refractivity contribution in [2.75, 3.05) is 13.1 Å². The van der Waals surface area contributed by atoms with Crippen LogP contribution in [0.1, 0.15) is 70.0 Å². The number of nitrogens with zero attached hydrogens (tertiary/aromatic N) is 4. The van der Waals surface area contributed by atoms with Crippen LogP contribution in [-0.4, -0.2) is 44.3 Å². The van der Waals surface area contributed by atoms with Crippen LogP contribution in [0.3, 0.4) is 0 Å². The number of fused-ring (bicyclic) bond motifs is 1. The smallest absolute Gasteiger partial charge is 0.233 e. The van der Waals surface area contributed by atoms with Crippen LogP contribution in [0.4, 0.5) is 0 Å². The van der Waals surface area contributed by atoms with Crippen molar-refractivity contribution in [1.29, 1.82) is 0 Å². The number of nitrogens with one attached hydrogen (secondary N) is 1. The lowest BCUT2D eigenvalue weighted by Gasteiger charge is -2.39. The Morgan fingerprint density at radius 1 is 1.22 bits per heavy atom. The normalized spacial score (nSPS) is 21.4. The van der Waals surface area contributed by atoms with Crippen LogP contribution in [0.5, 0.6) is 0 Å². The van der Waals surface area contributed by atoms with Crippen molar-refractivity contribution < 1.29 is 4.79 Å². The van der Waals surface area contributed by atoms with Crippen LogP contribution in [-0.2, 0) is 4.79 Å². The first-order valence-electron chi connectivity index (χ1n) is 10.6. The zero-order valence-corrected chi connectivity index (χ0v) is 16.3. The van der Waals surface area contributed by atoms with Crippen molar-refractivity contribution >= 4 is 11.7 Å². The number of carbonyl (C=O) groups is 1. The third-order valence-corrected chi connectivity index (χ3v) is 6.33. The molecule has 1 aliphatic carbocycles. The first kappa shape index (κ1) is 18.4. The molecule has 2 aromatic heterocycles. The molecule has 146 valence electrons. The second-order valence-electron chi connectivity index (χ2n) is 8.06. The summed E-state index contributed by atoms with van der Waals surface area (Å²) in [4.78, 5) is 24.4. The topological polar surface area (TPSA) is 62.5 Å². The summed E-state index contributed by atoms with van der Waals surface area (Å²) in [5.41, 5.74) is 0.893. The minimum absolute atomic E-state index is 0.0458. The molecular formula is C21H31N5O. The molecule has 2 fully saturated rings. The fraction of sp³-hybridized carbons (Fsp3) is 0.667. The predicted octanol–water partition coefficient (Wildman–Crippen LogP) is 3.34. The van der Waals surface area contributed by atoms with Gasteiger partial charge in [0.15, 0.2) is 0 Å². The van der Waals surface area contributed by atoms with E-state index in [1.807, 2.05) is 22.9 Å². The fourth-order valence-electron chi connectivity index (χ4n) is 4.66. The van der Waals surface area contributed by atoms with E-state index in [1.54, 1.807) is 6.20 Å². The zero-order valence-electron chi connectivity index (χ0n) is 16.3. The van der Waals surface area contributed by atoms with Gasteiger partial charge in [-0.1, -0.05) is 26.2 Å². The van der Waals surface area contributed by atoms with Crippen molar-refractivity contribution in [2.45, 2.75) is 70.4 Å². The molecule has 2 aliphatic rings. The van der Waals surface area contributed by atoms with Gasteiger partial charge in [0.25, 0.3) is 0 Å². The van der Waals surface area contributed by atoms with Gasteiger partial charge < -0.3 is 10.2 Å². The summed E-state index contributed by atoms with van der Waals surface area (Å²) in [6.07, 6.45) is 15.3. The lowest BCUT2D eigenvalue weighted by Crippen LogP contribution is -2.45. The molecule has 0 aromatic carbocycles. The predicted molar refractivity (Wildman–Crippen MR) is 105 cm³/mol. The van der Waals surface area contributed by atoms with E-state index in [1.165, 1.54) is 32.1 Å². The summed E-state index contributed by atoms with van der Waals surface area (Å²) in [7, 11) is 0. The Kier molecular flexibility index (Phi) is 5.72. The van der Waals surface area contributed by atoms with E-state index in [-0.39, 0.29) is 17.9 Å². The third kappa shape index (κ3) is 4.15. The van der Waals surface area contributed by atoms with E-state index in [9.17, 15) is 4.79 Å². The lowest BCUT2D eigenvalue weighted by molar-refractivity contribution is -0.127. The van der Waals surface area contributed by atoms with Gasteiger partial charge in [-0.15, -0.1) is 0 Å². The molecule has 3 heterocycles. The number of carbonyl (C=O) groups excluding carboxylic acids is 1. The Morgan fingerprint density at radius 3 is 2.70 bits per heavy atom. The maximum atomic E-state index is 12.9. The summed E-state index contributed by atoms with van der Waals surface area (Å²) < 4.78 is 1.91. The third-order valence-electron chi connectivity index (χ3n) is 6.33. The second-order valence-corrected chi connectivity index (χ2v) is 8.06. The van der Waals surface area contributed by atoms with E-state index >= 15 is 0 Å². The van der Waals surface area contributed by atoms with Crippen LogP contribution in [0.25, 0.3) is 5.78 Å². The molecule has 1 aliphatic heterocycles. The molecule has 0 unspecified atom stereocenters. The van der Waals surface area contributed by atoms with Crippen molar-refractivity contribution in [3.63, 3.8) is 0 Å². The zero-order chi connectivity index (χ0) is 18.6. The highest BCUT2D eigenvalue weighted by molar-refractivity contribution is 5.79. The summed E-state index contributed by atoms with van der Waals surface area (Å²) in [5, 5.41) is 3.25. The molecule has 1 atom stereocenters. The molecule has 4 rings (SSSR count). The number of hydrogen-bond acceptors (Lipinski definition) is 4. The average molecular weight is 370 g/mol. The van der Waals surface area contributed by atoms with Gasteiger partial charge in [-0.25, -0.2) is 9.97 Å². The molecule has 27 heavy (non-hydrogen) atoms. The highest BCUT2D eigenvalue weighted by Crippen LogP contribution is 2.27. The Balaban J connectivity index is 1.34. The van der Waals surface area contributed by atoms with Crippen LogP contribution in [0.2, 0.25) is 0 Å². The number of piperidine rings is 1. The van der Waals surface area contributed by atoms with E-state index in [0.29, 0.717) is 5.78 Å². The standard InChI is InChI=1S/C21H31N5O/c1-2-18(19-15-26-12-6-11-22-21(26)24-19)23-20(27)16-9-13-25(14-10-16)17-7-4-3-5-8-17/h6,11-12,15-18H,2-5,7-10,13-14H2,1H3,(H,23,27)/t18-/m1/s1. The number of imidazole rings is 1. The Hall–Kier alpha value is -1.95. The summed E-state index contributed by atoms with van der Waals surface area (Å²) in [6.45, 7) is 4.23. The fourth-order valence-corrected chi connectivity index (χ4v) is 4.66. The van der Waals surface area contributed by atoms with Crippen LogP contribution >= 0.6 is 0 Å². The van der Waals surface area contributed by atoms with Gasteiger partial charge in [0.2, 0.25) is 11.7 Å². The van der Waals surface area contributed by atoms with Crippen molar-refractivity contribution in [3.8, 4) is 0 Å². The number of amides is 1. The van der Waals surface area contributed by atoms with Gasteiger partial charge in [0.1, 0.15) is 0 Å². The maximum Gasteiger partial charge on any atom is 0.233 e. The van der Waals surface area contributed by atoms with E-state index in [4.69, 9.17) is 0 Å². The molecule has 1 N–H and O–H groups in total. The molecule has 1 saturated heterocycles. The molecule has 6 nitrogen and oxygen atoms in total. The van der Waals surface area contributed by atoms with Crippen molar-refractivity contribution in [3.05, 3.63) is 30.4 Å². The van der Waals surface area contributed by atoms with Crippen LogP contribution < -0.4 is 5.32 Å². The van der Waals surface area contributed by atoms with E-state index in [0.717, 1.165) is 44.1 Å². The van der Waals surface area contributed by atoms with E-state index in [2.05, 4.69) is 27.1 Å². The van der Waals surface area contributed by atoms with Gasteiger partial charge >= 0.3 is 0 Å². The summed E-state index contributed by atoms with van der Waals surface area (Å²) in [5.74, 6) is 1.00. The average Bonchev–Trinajstić information content (AvgIpc) is 3.16. The minimum atomic E-state index is -0.0458. The minimum Gasteiger partial charge on any atom is -0.347 e. The molecule has 1 amide bonds. The number of likely N-dealkylation sites (tertiary alicyclic amines) is 1. The Labute approximate surface area is 161 Å².